The summed E-state index contributed by atoms with van der Waals surface area (Å²) >= 11 is 0. The van der Waals surface area contributed by atoms with Crippen LogP contribution in [0.5, 0.6) is 0 Å². The van der Waals surface area contributed by atoms with Crippen LogP contribution >= 0.6 is 0 Å². The Morgan fingerprint density at radius 2 is 2.17 bits per heavy atom. The molecule has 1 amide bonds. The van der Waals surface area contributed by atoms with Gasteiger partial charge in [0.2, 0.25) is 5.72 Å². The number of nitrogens with zero attached hydrogens (tertiary/aromatic N) is 5. The third kappa shape index (κ3) is 2.86. The predicted octanol–water partition coefficient (Wildman–Crippen LogP) is 1.61. The van der Waals surface area contributed by atoms with E-state index in [0.29, 0.717) is 10.7 Å². The molecular weight excluding hydrogens is 328 g/mol. The van der Waals surface area contributed by atoms with E-state index >= 15 is 0 Å². The molecule has 0 aromatic carbocycles. The summed E-state index contributed by atoms with van der Waals surface area (Å²) < 4.78 is 27.6. The molecule has 2 rings (SSSR count). The normalized spacial score (nSPS) is 22.0. The van der Waals surface area contributed by atoms with Gasteiger partial charge in [-0.1, -0.05) is 6.92 Å². The van der Waals surface area contributed by atoms with Crippen LogP contribution < -0.4 is 0 Å². The number of hydrogen-bond acceptors (Lipinski definition) is 6. The number of alkyl halides is 2. The van der Waals surface area contributed by atoms with Crippen LogP contribution in [0.3, 0.4) is 0 Å². The van der Waals surface area contributed by atoms with Crippen LogP contribution in [-0.4, -0.2) is 48.6 Å². The summed E-state index contributed by atoms with van der Waals surface area (Å²) in [5.41, 5.74) is -2.21. The third-order valence-electron chi connectivity index (χ3n) is 3.78. The van der Waals surface area contributed by atoms with Crippen LogP contribution in [-0.2, 0) is 4.79 Å². The van der Waals surface area contributed by atoms with Crippen molar-refractivity contribution in [2.24, 2.45) is 5.10 Å². The van der Waals surface area contributed by atoms with Gasteiger partial charge in [-0.05, 0) is 25.2 Å². The van der Waals surface area contributed by atoms with E-state index in [0.717, 1.165) is 4.68 Å². The van der Waals surface area contributed by atoms with Gasteiger partial charge in [-0.15, -0.1) is 0 Å². The molecule has 2 atom stereocenters. The molecule has 0 unspecified atom stereocenters. The lowest BCUT2D eigenvalue weighted by atomic mass is 10.1. The number of halogens is 2. The summed E-state index contributed by atoms with van der Waals surface area (Å²) in [7, 11) is 0. The molecule has 0 spiro atoms. The fourth-order valence-electron chi connectivity index (χ4n) is 2.62. The smallest absolute Gasteiger partial charge is 0.364 e. The molecule has 132 valence electrons. The Kier molecular flexibility index (Phi) is 4.65. The molecule has 0 saturated heterocycles. The number of hydrogen-bond donors (Lipinski definition) is 1. The first kappa shape index (κ1) is 17.9. The minimum atomic E-state index is -3.21. The van der Waals surface area contributed by atoms with Crippen molar-refractivity contribution in [2.45, 2.75) is 51.8 Å². The third-order valence-corrected chi connectivity index (χ3v) is 3.78. The fraction of sp³-hybridized carbons (Fsp3) is 0.615. The zero-order valence-corrected chi connectivity index (χ0v) is 13.3. The molecule has 0 radical (unpaired) electrons. The lowest BCUT2D eigenvalue weighted by Crippen LogP contribution is -2.53. The Hall–Kier alpha value is -2.43. The largest absolute Gasteiger partial charge is 0.390 e. The number of carbonyl (C=O) groups excluding carboxylic acids is 1. The number of aryl methyl sites for hydroxylation is 1. The highest BCUT2D eigenvalue weighted by molar-refractivity contribution is 5.90. The Morgan fingerprint density at radius 3 is 2.62 bits per heavy atom. The fourth-order valence-corrected chi connectivity index (χ4v) is 2.62. The average molecular weight is 345 g/mol. The summed E-state index contributed by atoms with van der Waals surface area (Å²) in [6, 6.07) is 0.0759. The van der Waals surface area contributed by atoms with E-state index in [1.54, 1.807) is 6.92 Å². The molecule has 9 nitrogen and oxygen atoms in total. The van der Waals surface area contributed by atoms with Gasteiger partial charge in [0.05, 0.1) is 16.9 Å². The van der Waals surface area contributed by atoms with Crippen molar-refractivity contribution in [1.82, 2.24) is 14.8 Å². The molecule has 11 heteroatoms. The van der Waals surface area contributed by atoms with E-state index in [1.807, 2.05) is 0 Å². The number of amides is 1. The van der Waals surface area contributed by atoms with Crippen molar-refractivity contribution >= 4 is 17.4 Å². The van der Waals surface area contributed by atoms with Gasteiger partial charge in [0.25, 0.3) is 12.3 Å². The van der Waals surface area contributed by atoms with E-state index in [9.17, 15) is 28.8 Å². The molecule has 0 aliphatic carbocycles. The summed E-state index contributed by atoms with van der Waals surface area (Å²) in [5.74, 6) is -1.36. The highest BCUT2D eigenvalue weighted by Crippen LogP contribution is 2.34. The topological polar surface area (TPSA) is 114 Å². The summed E-state index contributed by atoms with van der Waals surface area (Å²) in [5, 5.41) is 28.8. The molecule has 0 bridgehead atoms. The highest BCUT2D eigenvalue weighted by atomic mass is 19.3. The van der Waals surface area contributed by atoms with Crippen molar-refractivity contribution in [2.75, 3.05) is 0 Å². The van der Waals surface area contributed by atoms with E-state index in [2.05, 4.69) is 10.2 Å². The molecule has 1 aliphatic rings. The maximum Gasteiger partial charge on any atom is 0.390 e. The number of hydrazone groups is 1. The predicted molar refractivity (Wildman–Crippen MR) is 78.5 cm³/mol. The highest BCUT2D eigenvalue weighted by Gasteiger charge is 2.52. The van der Waals surface area contributed by atoms with Crippen LogP contribution in [0, 0.1) is 17.0 Å². The Bertz CT molecular complexity index is 705. The quantitative estimate of drug-likeness (QED) is 0.643. The Balaban J connectivity index is 2.40. The van der Waals surface area contributed by atoms with Gasteiger partial charge in [0.1, 0.15) is 0 Å². The van der Waals surface area contributed by atoms with E-state index in [-0.39, 0.29) is 12.1 Å². The van der Waals surface area contributed by atoms with E-state index < -0.39 is 41.3 Å². The lowest BCUT2D eigenvalue weighted by Gasteiger charge is -2.31. The van der Waals surface area contributed by atoms with Gasteiger partial charge in [0.15, 0.2) is 6.04 Å². The summed E-state index contributed by atoms with van der Waals surface area (Å²) in [6.45, 7) is 4.53. The first-order valence-electron chi connectivity index (χ1n) is 7.21. The van der Waals surface area contributed by atoms with Crippen LogP contribution in [0.25, 0.3) is 0 Å². The van der Waals surface area contributed by atoms with Crippen LogP contribution in [0.4, 0.5) is 14.6 Å². The molecule has 2 heterocycles. The second-order valence-corrected chi connectivity index (χ2v) is 5.61. The molecule has 1 aliphatic heterocycles. The van der Waals surface area contributed by atoms with Gasteiger partial charge in [-0.25, -0.2) is 8.78 Å². The van der Waals surface area contributed by atoms with Gasteiger partial charge < -0.3 is 15.2 Å². The molecule has 1 aromatic rings. The van der Waals surface area contributed by atoms with Crippen molar-refractivity contribution in [3.8, 4) is 0 Å². The monoisotopic (exact) mass is 345 g/mol. The van der Waals surface area contributed by atoms with Crippen LogP contribution in [0.2, 0.25) is 0 Å². The van der Waals surface area contributed by atoms with Gasteiger partial charge in [0, 0.05) is 12.1 Å². The molecule has 1 aromatic heterocycles. The van der Waals surface area contributed by atoms with Crippen molar-refractivity contribution in [1.29, 1.82) is 0 Å². The first-order chi connectivity index (χ1) is 11.1. The molecule has 24 heavy (non-hydrogen) atoms. The number of aromatic nitrogens is 2. The van der Waals surface area contributed by atoms with Gasteiger partial charge in [-0.2, -0.15) is 14.8 Å². The maximum absolute atomic E-state index is 13.2. The standard InChI is InChI=1S/C13H17F2N5O4/c1-4-9(18-8(3)5-10(17-18)20(23)24)11(21)19-13(22,12(14)15)6-7(2)16-19/h5,9,12,22H,4,6H2,1-3H3/t9-,13+/m1/s1. The second kappa shape index (κ2) is 6.23. The van der Waals surface area contributed by atoms with Crippen molar-refractivity contribution in [3.05, 3.63) is 21.9 Å². The second-order valence-electron chi connectivity index (χ2n) is 5.61. The SMILES string of the molecule is CC[C@H](C(=O)N1N=C(C)C[C@]1(O)C(F)F)n1nc([N+](=O)[O-])cc1C. The van der Waals surface area contributed by atoms with Crippen LogP contribution in [0.1, 0.15) is 38.4 Å². The Labute approximate surface area is 135 Å². The molecule has 0 fully saturated rings. The Morgan fingerprint density at radius 1 is 1.54 bits per heavy atom. The number of carbonyl (C=O) groups is 1. The number of nitro groups is 1. The first-order valence-corrected chi connectivity index (χ1v) is 7.21. The van der Waals surface area contributed by atoms with Gasteiger partial charge in [-0.3, -0.25) is 4.79 Å². The maximum atomic E-state index is 13.2. The van der Waals surface area contributed by atoms with Crippen LogP contribution in [0.15, 0.2) is 11.2 Å². The zero-order valence-electron chi connectivity index (χ0n) is 13.3. The van der Waals surface area contributed by atoms with Gasteiger partial charge >= 0.3 is 5.82 Å². The minimum absolute atomic E-state index is 0.128. The average Bonchev–Trinajstić information content (AvgIpc) is 3.01. The summed E-state index contributed by atoms with van der Waals surface area (Å²) in [6.07, 6.45) is -3.55. The van der Waals surface area contributed by atoms with Crippen molar-refractivity contribution < 1.29 is 23.6 Å². The summed E-state index contributed by atoms with van der Waals surface area (Å²) in [4.78, 5) is 22.8. The van der Waals surface area contributed by atoms with E-state index in [4.69, 9.17) is 0 Å². The number of aliphatic hydroxyl groups is 1. The van der Waals surface area contributed by atoms with E-state index in [1.165, 1.54) is 19.9 Å². The number of rotatable bonds is 5. The molecular formula is C13H17F2N5O4. The van der Waals surface area contributed by atoms with Crippen molar-refractivity contribution in [3.63, 3.8) is 0 Å². The molecule has 1 N–H and O–H groups in total. The lowest BCUT2D eigenvalue weighted by molar-refractivity contribution is -0.389. The molecule has 0 saturated carbocycles. The zero-order chi connectivity index (χ0) is 18.2. The minimum Gasteiger partial charge on any atom is -0.364 e.